The molecule has 1 aromatic rings. The minimum absolute atomic E-state index is 0.00819. The van der Waals surface area contributed by atoms with E-state index in [9.17, 15) is 18.0 Å². The van der Waals surface area contributed by atoms with Crippen molar-refractivity contribution < 1.29 is 22.7 Å². The van der Waals surface area contributed by atoms with E-state index in [2.05, 4.69) is 23.5 Å². The summed E-state index contributed by atoms with van der Waals surface area (Å²) in [5.74, 6) is 0.0714. The van der Waals surface area contributed by atoms with Gasteiger partial charge in [0.1, 0.15) is 0 Å². The van der Waals surface area contributed by atoms with Crippen molar-refractivity contribution in [2.45, 2.75) is 52.3 Å². The summed E-state index contributed by atoms with van der Waals surface area (Å²) < 4.78 is 44.3. The van der Waals surface area contributed by atoms with Gasteiger partial charge in [0, 0.05) is 27.9 Å². The van der Waals surface area contributed by atoms with Gasteiger partial charge < -0.3 is 10.1 Å². The molecule has 0 saturated heterocycles. The number of nitrogens with one attached hydrogen (secondary N) is 1. The molecule has 4 nitrogen and oxygen atoms in total. The first-order valence-corrected chi connectivity index (χ1v) is 11.0. The average molecular weight is 495 g/mol. The Balaban J connectivity index is 2.35. The molecule has 0 bridgehead atoms. The summed E-state index contributed by atoms with van der Waals surface area (Å²) in [5, 5.41) is 3.33. The summed E-state index contributed by atoms with van der Waals surface area (Å²) >= 11 is 6.30. The first-order chi connectivity index (χ1) is 15.6. The molecule has 2 rings (SSSR count). The average Bonchev–Trinajstić information content (AvgIpc) is 3.53. The molecule has 1 aromatic heterocycles. The van der Waals surface area contributed by atoms with E-state index in [0.717, 1.165) is 11.6 Å². The number of carbonyl (C=O) groups is 1. The number of pyridine rings is 1. The molecule has 1 heterocycles. The molecule has 8 heteroatoms. The van der Waals surface area contributed by atoms with Gasteiger partial charge >= 0.3 is 6.18 Å². The summed E-state index contributed by atoms with van der Waals surface area (Å²) in [6, 6.07) is 3.60. The number of halogens is 4. The second-order valence-electron chi connectivity index (χ2n) is 9.22. The van der Waals surface area contributed by atoms with Gasteiger partial charge in [-0.2, -0.15) is 13.2 Å². The molecule has 1 fully saturated rings. The number of nitrogens with zero attached hydrogens (tertiary/aromatic N) is 1. The zero-order valence-electron chi connectivity index (χ0n) is 20.1. The standard InChI is InChI=1S/C26H30ClF3N2O2/c1-8-21(27)19(14-17(3)34-7)22-10-9-18(15-31-22)25(11-12-25)32-23(33)20(24(4,5)6)13-16(2)26(28,29)30/h8-10,13-15H,1-2,11-12H2,3-7H3,(H,32,33)/b17-14+,20-13-,21-19-. The van der Waals surface area contributed by atoms with E-state index < -0.39 is 28.6 Å². The third kappa shape index (κ3) is 6.63. The highest BCUT2D eigenvalue weighted by molar-refractivity contribution is 6.34. The second-order valence-corrected chi connectivity index (χ2v) is 9.63. The Morgan fingerprint density at radius 2 is 1.85 bits per heavy atom. The molecule has 0 atom stereocenters. The number of rotatable bonds is 8. The SMILES string of the molecule is C=C/C(Cl)=C(\C=C(/C)OC)c1ccc(C2(NC(=O)/C(=C/C(=C)C(F)(F)F)C(C)(C)C)CC2)cn1. The van der Waals surface area contributed by atoms with Gasteiger partial charge in [-0.25, -0.2) is 0 Å². The number of aromatic nitrogens is 1. The number of hydrogen-bond acceptors (Lipinski definition) is 3. The van der Waals surface area contributed by atoms with Crippen LogP contribution < -0.4 is 5.32 Å². The molecule has 1 N–H and O–H groups in total. The first kappa shape index (κ1) is 27.4. The molecule has 0 spiro atoms. The Hall–Kier alpha value is -2.80. The van der Waals surface area contributed by atoms with Crippen LogP contribution in [0.2, 0.25) is 0 Å². The van der Waals surface area contributed by atoms with Gasteiger partial charge in [0.2, 0.25) is 5.91 Å². The normalized spacial score (nSPS) is 17.0. The van der Waals surface area contributed by atoms with Crippen LogP contribution in [0.25, 0.3) is 5.57 Å². The number of ether oxygens (including phenoxy) is 1. The van der Waals surface area contributed by atoms with Crippen LogP contribution in [0.5, 0.6) is 0 Å². The zero-order valence-corrected chi connectivity index (χ0v) is 20.8. The molecule has 1 amide bonds. The van der Waals surface area contributed by atoms with E-state index in [4.69, 9.17) is 16.3 Å². The van der Waals surface area contributed by atoms with Crippen LogP contribution in [0.1, 0.15) is 51.8 Å². The highest BCUT2D eigenvalue weighted by atomic mass is 35.5. The van der Waals surface area contributed by atoms with Crippen LogP contribution in [-0.4, -0.2) is 24.2 Å². The topological polar surface area (TPSA) is 51.2 Å². The monoisotopic (exact) mass is 494 g/mol. The van der Waals surface area contributed by atoms with Crippen LogP contribution in [0, 0.1) is 5.41 Å². The summed E-state index contributed by atoms with van der Waals surface area (Å²) in [6.07, 6.45) is 2.40. The van der Waals surface area contributed by atoms with Crippen molar-refractivity contribution in [3.63, 3.8) is 0 Å². The summed E-state index contributed by atoms with van der Waals surface area (Å²) in [7, 11) is 1.55. The van der Waals surface area contributed by atoms with Crippen LogP contribution in [-0.2, 0) is 15.1 Å². The van der Waals surface area contributed by atoms with E-state index in [-0.39, 0.29) is 5.57 Å². The lowest BCUT2D eigenvalue weighted by molar-refractivity contribution is -0.119. The number of carbonyl (C=O) groups excluding carboxylic acids is 1. The molecular formula is C26H30ClF3N2O2. The van der Waals surface area contributed by atoms with E-state index >= 15 is 0 Å². The predicted octanol–water partition coefficient (Wildman–Crippen LogP) is 6.96. The fourth-order valence-electron chi connectivity index (χ4n) is 3.25. The van der Waals surface area contributed by atoms with E-state index in [1.807, 2.05) is 6.07 Å². The van der Waals surface area contributed by atoms with Gasteiger partial charge in [-0.05, 0) is 49.0 Å². The number of methoxy groups -OCH3 is 1. The van der Waals surface area contributed by atoms with Gasteiger partial charge in [-0.3, -0.25) is 9.78 Å². The Morgan fingerprint density at radius 1 is 1.24 bits per heavy atom. The molecule has 0 aliphatic heterocycles. The maximum absolute atomic E-state index is 13.1. The van der Waals surface area contributed by atoms with Gasteiger partial charge in [-0.1, -0.05) is 57.7 Å². The summed E-state index contributed by atoms with van der Waals surface area (Å²) in [5.41, 5.74) is -0.590. The molecule has 1 saturated carbocycles. The van der Waals surface area contributed by atoms with Crippen molar-refractivity contribution in [3.05, 3.63) is 82.9 Å². The largest absolute Gasteiger partial charge is 0.501 e. The van der Waals surface area contributed by atoms with Gasteiger partial charge in [0.25, 0.3) is 0 Å². The Bertz CT molecular complexity index is 1060. The Labute approximate surface area is 203 Å². The Kier molecular flexibility index (Phi) is 8.25. The van der Waals surface area contributed by atoms with E-state index in [0.29, 0.717) is 34.9 Å². The van der Waals surface area contributed by atoms with Crippen molar-refractivity contribution in [1.82, 2.24) is 10.3 Å². The van der Waals surface area contributed by atoms with Gasteiger partial charge in [-0.15, -0.1) is 0 Å². The third-order valence-corrected chi connectivity index (χ3v) is 5.89. The zero-order chi connectivity index (χ0) is 25.9. The third-order valence-electron chi connectivity index (χ3n) is 5.54. The molecule has 0 radical (unpaired) electrons. The molecule has 1 aliphatic rings. The van der Waals surface area contributed by atoms with Gasteiger partial charge in [0.05, 0.1) is 24.1 Å². The quantitative estimate of drug-likeness (QED) is 0.241. The molecule has 34 heavy (non-hydrogen) atoms. The number of amides is 1. The number of alkyl halides is 3. The minimum atomic E-state index is -4.61. The fraction of sp³-hybridized carbons (Fsp3) is 0.385. The lowest BCUT2D eigenvalue weighted by atomic mass is 9.84. The molecule has 1 aliphatic carbocycles. The molecular weight excluding hydrogens is 465 g/mol. The summed E-state index contributed by atoms with van der Waals surface area (Å²) in [4.78, 5) is 17.6. The van der Waals surface area contributed by atoms with Gasteiger partial charge in [0.15, 0.2) is 0 Å². The Morgan fingerprint density at radius 3 is 2.26 bits per heavy atom. The van der Waals surface area contributed by atoms with Crippen LogP contribution in [0.3, 0.4) is 0 Å². The fourth-order valence-corrected chi connectivity index (χ4v) is 3.40. The van der Waals surface area contributed by atoms with Crippen molar-refractivity contribution >= 4 is 23.1 Å². The second kappa shape index (κ2) is 10.2. The van der Waals surface area contributed by atoms with Crippen molar-refractivity contribution in [2.24, 2.45) is 5.41 Å². The van der Waals surface area contributed by atoms with Crippen LogP contribution in [0.4, 0.5) is 13.2 Å². The first-order valence-electron chi connectivity index (χ1n) is 10.7. The summed E-state index contributed by atoms with van der Waals surface area (Å²) in [6.45, 7) is 13.6. The van der Waals surface area contributed by atoms with Crippen LogP contribution in [0.15, 0.2) is 71.7 Å². The van der Waals surface area contributed by atoms with E-state index in [1.54, 1.807) is 53.1 Å². The highest BCUT2D eigenvalue weighted by Crippen LogP contribution is 2.46. The predicted molar refractivity (Wildman–Crippen MR) is 130 cm³/mol. The van der Waals surface area contributed by atoms with Crippen molar-refractivity contribution in [1.29, 1.82) is 0 Å². The highest BCUT2D eigenvalue weighted by Gasteiger charge is 2.47. The van der Waals surface area contributed by atoms with Crippen molar-refractivity contribution in [3.8, 4) is 0 Å². The smallest absolute Gasteiger partial charge is 0.415 e. The maximum atomic E-state index is 13.1. The lowest BCUT2D eigenvalue weighted by Gasteiger charge is -2.26. The minimum Gasteiger partial charge on any atom is -0.501 e. The molecule has 0 aromatic carbocycles. The maximum Gasteiger partial charge on any atom is 0.415 e. The molecule has 184 valence electrons. The van der Waals surface area contributed by atoms with Crippen LogP contribution >= 0.6 is 11.6 Å². The number of hydrogen-bond donors (Lipinski definition) is 1. The molecule has 0 unspecified atom stereocenters. The lowest BCUT2D eigenvalue weighted by Crippen LogP contribution is -2.39. The van der Waals surface area contributed by atoms with Crippen molar-refractivity contribution in [2.75, 3.05) is 7.11 Å². The number of allylic oxidation sites excluding steroid dienone is 7. The van der Waals surface area contributed by atoms with E-state index in [1.165, 1.54) is 6.08 Å².